The zero-order valence-corrected chi connectivity index (χ0v) is 22.7. The summed E-state index contributed by atoms with van der Waals surface area (Å²) >= 11 is 6.21. The number of carboxylic acid groups (broad SMARTS) is 1. The first kappa shape index (κ1) is 28.2. The van der Waals surface area contributed by atoms with Crippen LogP contribution in [0.15, 0.2) is 47.6 Å². The molecule has 10 nitrogen and oxygen atoms in total. The number of carbonyl (C=O) groups excluding carboxylic acids is 2. The minimum Gasteiger partial charge on any atom is -0.496 e. The van der Waals surface area contributed by atoms with E-state index in [0.29, 0.717) is 42.0 Å². The molecule has 2 fully saturated rings. The summed E-state index contributed by atoms with van der Waals surface area (Å²) < 4.78 is 5.46. The fraction of sp³-hybridized carbons (Fsp3) is 0.429. The lowest BCUT2D eigenvalue weighted by Gasteiger charge is -2.26. The van der Waals surface area contributed by atoms with Gasteiger partial charge in [-0.3, -0.25) is 9.69 Å². The van der Waals surface area contributed by atoms with Gasteiger partial charge in [-0.1, -0.05) is 35.8 Å². The van der Waals surface area contributed by atoms with Gasteiger partial charge in [-0.05, 0) is 73.1 Å². The van der Waals surface area contributed by atoms with Crippen molar-refractivity contribution in [2.45, 2.75) is 38.6 Å². The van der Waals surface area contributed by atoms with Crippen molar-refractivity contribution in [3.05, 3.63) is 64.2 Å². The second kappa shape index (κ2) is 12.8. The third-order valence-electron chi connectivity index (χ3n) is 6.88. The van der Waals surface area contributed by atoms with E-state index >= 15 is 0 Å². The molecule has 1 saturated heterocycles. The molecule has 208 valence electrons. The number of carboxylic acids is 1. The molecule has 2 aromatic rings. The number of hydrogen-bond donors (Lipinski definition) is 3. The van der Waals surface area contributed by atoms with Crippen molar-refractivity contribution >= 4 is 35.3 Å². The van der Waals surface area contributed by atoms with Gasteiger partial charge in [-0.15, -0.1) is 0 Å². The number of nitrogens with one attached hydrogen (secondary N) is 2. The van der Waals surface area contributed by atoms with Crippen molar-refractivity contribution in [2.24, 2.45) is 17.0 Å². The van der Waals surface area contributed by atoms with E-state index < -0.39 is 24.0 Å². The molecule has 0 bridgehead atoms. The minimum absolute atomic E-state index is 0.0765. The lowest BCUT2D eigenvalue weighted by Crippen LogP contribution is -2.48. The molecule has 0 radical (unpaired) electrons. The van der Waals surface area contributed by atoms with Crippen molar-refractivity contribution in [1.82, 2.24) is 15.5 Å². The lowest BCUT2D eigenvalue weighted by atomic mass is 9.97. The largest absolute Gasteiger partial charge is 0.496 e. The average Bonchev–Trinajstić information content (AvgIpc) is 3.77. The number of amides is 3. The number of rotatable bonds is 10. The number of carbonyl (C=O) groups is 3. The molecule has 2 atom stereocenters. The van der Waals surface area contributed by atoms with Gasteiger partial charge in [-0.2, -0.15) is 0 Å². The Morgan fingerprint density at radius 2 is 1.97 bits per heavy atom. The first-order valence-electron chi connectivity index (χ1n) is 13.0. The molecule has 1 aliphatic heterocycles. The Bertz CT molecular complexity index is 1230. The van der Waals surface area contributed by atoms with Crippen LogP contribution in [-0.4, -0.2) is 60.6 Å². The highest BCUT2D eigenvalue weighted by Crippen LogP contribution is 2.29. The number of ether oxygens (including phenoxy) is 1. The van der Waals surface area contributed by atoms with E-state index in [1.54, 1.807) is 37.4 Å². The van der Waals surface area contributed by atoms with Gasteiger partial charge in [0.1, 0.15) is 12.4 Å². The van der Waals surface area contributed by atoms with Crippen LogP contribution in [0.4, 0.5) is 4.79 Å². The van der Waals surface area contributed by atoms with Crippen molar-refractivity contribution in [2.75, 3.05) is 26.8 Å². The van der Waals surface area contributed by atoms with E-state index in [0.717, 1.165) is 28.9 Å². The maximum absolute atomic E-state index is 13.7. The fourth-order valence-electron chi connectivity index (χ4n) is 4.41. The number of hydrogen-bond acceptors (Lipinski definition) is 6. The molecule has 4 rings (SSSR count). The van der Waals surface area contributed by atoms with Gasteiger partial charge in [0.15, 0.2) is 5.84 Å². The highest BCUT2D eigenvalue weighted by Gasteiger charge is 2.35. The van der Waals surface area contributed by atoms with Gasteiger partial charge in [0.05, 0.1) is 31.2 Å². The number of methoxy groups -OCH3 is 1. The van der Waals surface area contributed by atoms with E-state index in [1.165, 1.54) is 12.1 Å². The molecule has 39 heavy (non-hydrogen) atoms. The summed E-state index contributed by atoms with van der Waals surface area (Å²) in [7, 11) is 1.55. The monoisotopic (exact) mass is 556 g/mol. The normalized spacial score (nSPS) is 19.2. The van der Waals surface area contributed by atoms with E-state index in [1.807, 2.05) is 6.92 Å². The van der Waals surface area contributed by atoms with Gasteiger partial charge < -0.3 is 25.3 Å². The smallest absolute Gasteiger partial charge is 0.335 e. The first-order chi connectivity index (χ1) is 18.8. The number of amidine groups is 1. The zero-order chi connectivity index (χ0) is 27.9. The Kier molecular flexibility index (Phi) is 9.29. The molecule has 0 aromatic heterocycles. The molecule has 3 amide bonds. The van der Waals surface area contributed by atoms with E-state index in [9.17, 15) is 19.5 Å². The number of nitrogens with zero attached hydrogens (tertiary/aromatic N) is 2. The van der Waals surface area contributed by atoms with Crippen molar-refractivity contribution in [3.63, 3.8) is 0 Å². The minimum atomic E-state index is -1.03. The van der Waals surface area contributed by atoms with Gasteiger partial charge in [0.2, 0.25) is 5.91 Å². The molecule has 1 saturated carbocycles. The quantitative estimate of drug-likeness (QED) is 0.373. The van der Waals surface area contributed by atoms with Crippen LogP contribution in [0, 0.1) is 11.8 Å². The molecule has 11 heteroatoms. The van der Waals surface area contributed by atoms with Gasteiger partial charge in [0, 0.05) is 11.6 Å². The van der Waals surface area contributed by atoms with Crippen molar-refractivity contribution in [1.29, 1.82) is 0 Å². The van der Waals surface area contributed by atoms with Gasteiger partial charge in [-0.25, -0.2) is 9.59 Å². The zero-order valence-electron chi connectivity index (χ0n) is 22.0. The number of aromatic carboxylic acids is 1. The predicted molar refractivity (Wildman–Crippen MR) is 146 cm³/mol. The molecule has 0 spiro atoms. The van der Waals surface area contributed by atoms with Crippen LogP contribution < -0.4 is 15.4 Å². The highest BCUT2D eigenvalue weighted by atomic mass is 35.5. The first-order valence-corrected chi connectivity index (χ1v) is 13.4. The molecule has 1 unspecified atom stereocenters. The molecule has 1 heterocycles. The lowest BCUT2D eigenvalue weighted by molar-refractivity contribution is -0.131. The molecular formula is C28H33ClN4O6. The predicted octanol–water partition coefficient (Wildman–Crippen LogP) is 4.24. The van der Waals surface area contributed by atoms with Crippen LogP contribution in [0.2, 0.25) is 5.02 Å². The van der Waals surface area contributed by atoms with Crippen LogP contribution in [-0.2, 0) is 16.1 Å². The SMILES string of the molecule is CCC(NC(=O)N1C/C(=N/OCC2CC2)NC[C@@H](Cc2cc(Cl)ccc2OC)C1=O)c1ccc(C(=O)O)cc1. The Morgan fingerprint density at radius 1 is 1.23 bits per heavy atom. The number of imide groups is 1. The molecule has 2 aliphatic rings. The summed E-state index contributed by atoms with van der Waals surface area (Å²) in [6.07, 6.45) is 3.05. The summed E-state index contributed by atoms with van der Waals surface area (Å²) in [4.78, 5) is 45.1. The maximum Gasteiger partial charge on any atom is 0.335 e. The van der Waals surface area contributed by atoms with E-state index in [4.69, 9.17) is 21.2 Å². The van der Waals surface area contributed by atoms with Crippen molar-refractivity contribution < 1.29 is 29.1 Å². The second-order valence-electron chi connectivity index (χ2n) is 9.78. The van der Waals surface area contributed by atoms with Gasteiger partial charge >= 0.3 is 12.0 Å². The molecule has 3 N–H and O–H groups in total. The third-order valence-corrected chi connectivity index (χ3v) is 7.11. The van der Waals surface area contributed by atoms with Crippen LogP contribution in [0.25, 0.3) is 0 Å². The Balaban J connectivity index is 1.55. The summed E-state index contributed by atoms with van der Waals surface area (Å²) in [5.41, 5.74) is 1.64. The summed E-state index contributed by atoms with van der Waals surface area (Å²) in [6.45, 7) is 2.57. The van der Waals surface area contributed by atoms with Crippen LogP contribution in [0.5, 0.6) is 5.75 Å². The standard InChI is InChI=1S/C28H33ClN4O6/c1-3-23(18-6-8-19(9-7-18)27(35)36)31-28(37)33-15-25(32-39-16-17-4-5-17)30-14-21(26(33)34)12-20-13-22(29)10-11-24(20)38-2/h6-11,13,17,21,23H,3-5,12,14-16H2,1-2H3,(H,30,32)(H,31,37)(H,35,36)/t21-,23?/m1/s1. The fourth-order valence-corrected chi connectivity index (χ4v) is 4.60. The Labute approximate surface area is 232 Å². The second-order valence-corrected chi connectivity index (χ2v) is 10.2. The topological polar surface area (TPSA) is 130 Å². The molecular weight excluding hydrogens is 524 g/mol. The third kappa shape index (κ3) is 7.41. The van der Waals surface area contributed by atoms with Crippen LogP contribution in [0.3, 0.4) is 0 Å². The molecule has 1 aliphatic carbocycles. The van der Waals surface area contributed by atoms with E-state index in [-0.39, 0.29) is 24.6 Å². The summed E-state index contributed by atoms with van der Waals surface area (Å²) in [6, 6.07) is 10.5. The van der Waals surface area contributed by atoms with E-state index in [2.05, 4.69) is 15.8 Å². The highest BCUT2D eigenvalue weighted by molar-refractivity contribution is 6.30. The average molecular weight is 557 g/mol. The number of urea groups is 1. The summed E-state index contributed by atoms with van der Waals surface area (Å²) in [5, 5.41) is 20.0. The Morgan fingerprint density at radius 3 is 2.62 bits per heavy atom. The number of halogens is 1. The Hall–Kier alpha value is -3.79. The number of oxime groups is 1. The maximum atomic E-state index is 13.7. The molecule has 2 aromatic carbocycles. The summed E-state index contributed by atoms with van der Waals surface area (Å²) in [5.74, 6) is -0.510. The van der Waals surface area contributed by atoms with Crippen LogP contribution >= 0.6 is 11.6 Å². The van der Waals surface area contributed by atoms with Gasteiger partial charge in [0.25, 0.3) is 0 Å². The van der Waals surface area contributed by atoms with Crippen molar-refractivity contribution in [3.8, 4) is 5.75 Å². The number of benzene rings is 2. The van der Waals surface area contributed by atoms with Crippen LogP contribution in [0.1, 0.15) is 53.7 Å².